The molecule has 1 aromatic heterocycles. The third-order valence-corrected chi connectivity index (χ3v) is 5.15. The van der Waals surface area contributed by atoms with Crippen LogP contribution in [0.2, 0.25) is 0 Å². The van der Waals surface area contributed by atoms with Crippen LogP contribution in [0.1, 0.15) is 19.3 Å². The number of carbonyl (C=O) groups excluding carboxylic acids is 1. The zero-order valence-corrected chi connectivity index (χ0v) is 14.7. The number of carbonyl (C=O) groups is 1. The molecule has 0 saturated carbocycles. The van der Waals surface area contributed by atoms with Crippen LogP contribution in [0.15, 0.2) is 34.1 Å². The van der Waals surface area contributed by atoms with E-state index in [-0.39, 0.29) is 5.91 Å². The first-order valence-corrected chi connectivity index (χ1v) is 9.23. The minimum absolute atomic E-state index is 0.0635. The van der Waals surface area contributed by atoms with Gasteiger partial charge >= 0.3 is 0 Å². The number of amides is 1. The Labute approximate surface area is 142 Å². The fourth-order valence-corrected chi connectivity index (χ4v) is 3.70. The van der Waals surface area contributed by atoms with Gasteiger partial charge in [-0.2, -0.15) is 0 Å². The van der Waals surface area contributed by atoms with Crippen LogP contribution >= 0.6 is 27.3 Å². The van der Waals surface area contributed by atoms with Crippen molar-refractivity contribution < 1.29 is 9.69 Å². The molecule has 3 rings (SSSR count). The van der Waals surface area contributed by atoms with Crippen LogP contribution in [0.4, 0.5) is 5.13 Å². The van der Waals surface area contributed by atoms with Crippen molar-refractivity contribution in [2.45, 2.75) is 19.3 Å². The highest BCUT2D eigenvalue weighted by atomic mass is 79.9. The van der Waals surface area contributed by atoms with Crippen molar-refractivity contribution in [1.82, 2.24) is 4.98 Å². The highest BCUT2D eigenvalue weighted by Crippen LogP contribution is 2.25. The van der Waals surface area contributed by atoms with Crippen LogP contribution in [-0.2, 0) is 4.79 Å². The predicted octanol–water partition coefficient (Wildman–Crippen LogP) is 2.58. The largest absolute Gasteiger partial charge is 0.327 e. The number of nitrogens with zero attached hydrogens (tertiary/aromatic N) is 1. The molecule has 1 aliphatic rings. The molecule has 0 unspecified atom stereocenters. The smallest absolute Gasteiger partial charge is 0.281 e. The molecule has 116 valence electrons. The van der Waals surface area contributed by atoms with Gasteiger partial charge in [-0.05, 0) is 31.4 Å². The molecule has 0 atom stereocenters. The number of hydrogen-bond acceptors (Lipinski definition) is 3. The normalized spacial score (nSPS) is 15.7. The Balaban J connectivity index is 1.59. The Hall–Kier alpha value is -1.24. The summed E-state index contributed by atoms with van der Waals surface area (Å²) in [5.41, 5.74) is 1.96. The number of anilines is 1. The highest BCUT2D eigenvalue weighted by molar-refractivity contribution is 9.10. The molecule has 6 heteroatoms. The minimum Gasteiger partial charge on any atom is -0.327 e. The number of nitrogens with one attached hydrogen (secondary N) is 2. The summed E-state index contributed by atoms with van der Waals surface area (Å²) >= 11 is 4.90. The van der Waals surface area contributed by atoms with Crippen molar-refractivity contribution in [2.24, 2.45) is 0 Å². The summed E-state index contributed by atoms with van der Waals surface area (Å²) < 4.78 is 1.05. The number of piperidine rings is 1. The quantitative estimate of drug-likeness (QED) is 0.855. The molecule has 2 heterocycles. The summed E-state index contributed by atoms with van der Waals surface area (Å²) in [5.74, 6) is 0.0635. The zero-order valence-electron chi connectivity index (χ0n) is 12.3. The van der Waals surface area contributed by atoms with Crippen LogP contribution in [0.25, 0.3) is 11.3 Å². The molecule has 2 aromatic rings. The molecule has 0 bridgehead atoms. The van der Waals surface area contributed by atoms with Gasteiger partial charge in [0.2, 0.25) is 0 Å². The van der Waals surface area contributed by atoms with Gasteiger partial charge in [-0.3, -0.25) is 10.1 Å². The van der Waals surface area contributed by atoms with Crippen molar-refractivity contribution in [3.05, 3.63) is 34.1 Å². The molecule has 1 saturated heterocycles. The topological polar surface area (TPSA) is 46.4 Å². The van der Waals surface area contributed by atoms with E-state index in [0.29, 0.717) is 11.7 Å². The van der Waals surface area contributed by atoms with Crippen molar-refractivity contribution in [2.75, 3.05) is 25.0 Å². The van der Waals surface area contributed by atoms with E-state index < -0.39 is 0 Å². The third kappa shape index (κ3) is 4.15. The third-order valence-electron chi connectivity index (χ3n) is 3.86. The Bertz CT molecular complexity index is 635. The van der Waals surface area contributed by atoms with E-state index in [0.717, 1.165) is 28.8 Å². The Morgan fingerprint density at radius 2 is 1.95 bits per heavy atom. The van der Waals surface area contributed by atoms with Crippen LogP contribution < -0.4 is 10.2 Å². The van der Waals surface area contributed by atoms with Gasteiger partial charge in [0.25, 0.3) is 5.91 Å². The molecular weight excluding hydrogens is 362 g/mol. The molecule has 4 nitrogen and oxygen atoms in total. The molecule has 0 spiro atoms. The van der Waals surface area contributed by atoms with E-state index in [1.807, 2.05) is 29.6 Å². The Morgan fingerprint density at radius 1 is 1.23 bits per heavy atom. The predicted molar refractivity (Wildman–Crippen MR) is 93.3 cm³/mol. The van der Waals surface area contributed by atoms with E-state index in [1.165, 1.54) is 35.5 Å². The van der Waals surface area contributed by atoms with Gasteiger partial charge in [0.1, 0.15) is 0 Å². The number of rotatable bonds is 4. The van der Waals surface area contributed by atoms with Crippen molar-refractivity contribution >= 4 is 38.3 Å². The van der Waals surface area contributed by atoms with E-state index >= 15 is 0 Å². The standard InChI is InChI=1S/C16H18BrN3OS/c17-13-6-4-12(5-7-13)14-11-22-16(18-14)19-15(21)10-20-8-2-1-3-9-20/h4-7,11H,1-3,8-10H2,(H,18,19,21)/p+1. The van der Waals surface area contributed by atoms with Crippen LogP contribution in [-0.4, -0.2) is 30.5 Å². The number of thiazole rings is 1. The number of halogens is 1. The van der Waals surface area contributed by atoms with E-state index in [2.05, 4.69) is 26.2 Å². The van der Waals surface area contributed by atoms with E-state index in [9.17, 15) is 4.79 Å². The maximum absolute atomic E-state index is 12.1. The number of likely N-dealkylation sites (tertiary alicyclic amines) is 1. The summed E-state index contributed by atoms with van der Waals surface area (Å²) in [4.78, 5) is 18.0. The Kier molecular flexibility index (Phi) is 5.23. The lowest BCUT2D eigenvalue weighted by molar-refractivity contribution is -0.896. The summed E-state index contributed by atoms with van der Waals surface area (Å²) in [6.07, 6.45) is 3.76. The maximum Gasteiger partial charge on any atom is 0.281 e. The summed E-state index contributed by atoms with van der Waals surface area (Å²) in [5, 5.41) is 5.59. The first-order chi connectivity index (χ1) is 10.7. The molecule has 1 amide bonds. The van der Waals surface area contributed by atoms with Gasteiger partial charge < -0.3 is 4.90 Å². The lowest BCUT2D eigenvalue weighted by Gasteiger charge is -2.22. The van der Waals surface area contributed by atoms with Gasteiger partial charge in [0.15, 0.2) is 11.7 Å². The fraction of sp³-hybridized carbons (Fsp3) is 0.375. The van der Waals surface area contributed by atoms with Crippen LogP contribution in [0, 0.1) is 0 Å². The van der Waals surface area contributed by atoms with E-state index in [4.69, 9.17) is 0 Å². The molecule has 1 aliphatic heterocycles. The molecule has 1 fully saturated rings. The number of aromatic nitrogens is 1. The van der Waals surface area contributed by atoms with Gasteiger partial charge in [-0.15, -0.1) is 11.3 Å². The Morgan fingerprint density at radius 3 is 2.68 bits per heavy atom. The first-order valence-electron chi connectivity index (χ1n) is 7.55. The molecule has 0 radical (unpaired) electrons. The average molecular weight is 381 g/mol. The summed E-state index contributed by atoms with van der Waals surface area (Å²) in [6.45, 7) is 2.76. The lowest BCUT2D eigenvalue weighted by atomic mass is 10.1. The zero-order chi connectivity index (χ0) is 15.4. The number of hydrogen-bond donors (Lipinski definition) is 2. The average Bonchev–Trinajstić information content (AvgIpc) is 2.97. The lowest BCUT2D eigenvalue weighted by Crippen LogP contribution is -3.13. The SMILES string of the molecule is O=C(C[NH+]1CCCCC1)Nc1nc(-c2ccc(Br)cc2)cs1. The minimum atomic E-state index is 0.0635. The molecule has 2 N–H and O–H groups in total. The summed E-state index contributed by atoms with van der Waals surface area (Å²) in [7, 11) is 0. The first kappa shape index (κ1) is 15.6. The number of benzene rings is 1. The maximum atomic E-state index is 12.1. The van der Waals surface area contributed by atoms with Crippen LogP contribution in [0.5, 0.6) is 0 Å². The second-order valence-corrected chi connectivity index (χ2v) is 7.35. The molecular formula is C16H19BrN3OS+. The number of quaternary nitrogens is 1. The van der Waals surface area contributed by atoms with E-state index in [1.54, 1.807) is 0 Å². The summed E-state index contributed by atoms with van der Waals surface area (Å²) in [6, 6.07) is 8.02. The van der Waals surface area contributed by atoms with Crippen LogP contribution in [0.3, 0.4) is 0 Å². The van der Waals surface area contributed by atoms with Crippen molar-refractivity contribution in [1.29, 1.82) is 0 Å². The van der Waals surface area contributed by atoms with Gasteiger partial charge in [-0.25, -0.2) is 4.98 Å². The second-order valence-electron chi connectivity index (χ2n) is 5.58. The molecule has 1 aromatic carbocycles. The van der Waals surface area contributed by atoms with Gasteiger partial charge in [0, 0.05) is 15.4 Å². The second kappa shape index (κ2) is 7.35. The molecule has 22 heavy (non-hydrogen) atoms. The van der Waals surface area contributed by atoms with Crippen molar-refractivity contribution in [3.8, 4) is 11.3 Å². The van der Waals surface area contributed by atoms with Gasteiger partial charge in [0.05, 0.1) is 18.8 Å². The fourth-order valence-electron chi connectivity index (χ4n) is 2.70. The molecule has 0 aliphatic carbocycles. The van der Waals surface area contributed by atoms with Gasteiger partial charge in [-0.1, -0.05) is 28.1 Å². The monoisotopic (exact) mass is 380 g/mol. The highest BCUT2D eigenvalue weighted by Gasteiger charge is 2.18. The van der Waals surface area contributed by atoms with Crippen molar-refractivity contribution in [3.63, 3.8) is 0 Å².